The van der Waals surface area contributed by atoms with Crippen molar-refractivity contribution < 1.29 is 69.3 Å². The first-order chi connectivity index (χ1) is 25.2. The Morgan fingerprint density at radius 2 is 1.40 bits per heavy atom. The van der Waals surface area contributed by atoms with Crippen LogP contribution in [0, 0.1) is 52.3 Å². The van der Waals surface area contributed by atoms with Gasteiger partial charge in [0.1, 0.15) is 48.8 Å². The number of hydrogen-bond acceptors (Lipinski definition) is 14. The van der Waals surface area contributed by atoms with E-state index in [9.17, 15) is 40.9 Å². The van der Waals surface area contributed by atoms with Gasteiger partial charge in [0.15, 0.2) is 18.4 Å². The van der Waals surface area contributed by atoms with E-state index in [1.54, 1.807) is 0 Å². The molecule has 0 bridgehead atoms. The molecule has 0 radical (unpaired) electrons. The van der Waals surface area contributed by atoms with Gasteiger partial charge in [-0.05, 0) is 97.7 Å². The lowest BCUT2D eigenvalue weighted by molar-refractivity contribution is -0.376. The van der Waals surface area contributed by atoms with Crippen LogP contribution in [0.1, 0.15) is 85.5 Å². The van der Waals surface area contributed by atoms with Crippen molar-refractivity contribution in [1.29, 1.82) is 0 Å². The zero-order valence-corrected chi connectivity index (χ0v) is 31.6. The van der Waals surface area contributed by atoms with Crippen LogP contribution in [0.3, 0.4) is 0 Å². The Kier molecular flexibility index (Phi) is 10.6. The second kappa shape index (κ2) is 14.4. The fraction of sp³-hybridized carbons (Fsp3) is 1.00. The number of aliphatic hydroxyl groups excluding tert-OH is 8. The number of rotatable bonds is 6. The van der Waals surface area contributed by atoms with Crippen molar-refractivity contribution in [1.82, 2.24) is 0 Å². The first-order valence-corrected chi connectivity index (χ1v) is 20.4. The van der Waals surface area contributed by atoms with E-state index >= 15 is 0 Å². The van der Waals surface area contributed by atoms with Crippen molar-refractivity contribution >= 4 is 0 Å². The van der Waals surface area contributed by atoms with E-state index < -0.39 is 92.6 Å². The molecule has 304 valence electrons. The van der Waals surface area contributed by atoms with Gasteiger partial charge in [-0.25, -0.2) is 0 Å². The normalized spacial score (nSPS) is 59.5. The maximum absolute atomic E-state index is 11.8. The summed E-state index contributed by atoms with van der Waals surface area (Å²) in [6.07, 6.45) is -8.11. The number of ether oxygens (including phenoxy) is 6. The summed E-state index contributed by atoms with van der Waals surface area (Å²) in [6, 6.07) is 0. The molecule has 8 rings (SSSR count). The van der Waals surface area contributed by atoms with E-state index in [0.29, 0.717) is 48.3 Å². The Hall–Kier alpha value is -0.560. The fourth-order valence-electron chi connectivity index (χ4n) is 13.2. The lowest BCUT2D eigenvalue weighted by Crippen LogP contribution is -2.65. The van der Waals surface area contributed by atoms with E-state index in [2.05, 4.69) is 27.7 Å². The van der Waals surface area contributed by atoms with Gasteiger partial charge in [-0.1, -0.05) is 27.7 Å². The molecule has 23 atom stereocenters. The molecular formula is C39H64O14. The van der Waals surface area contributed by atoms with Crippen LogP contribution in [0.15, 0.2) is 0 Å². The molecule has 0 unspecified atom stereocenters. The average Bonchev–Trinajstić information content (AvgIpc) is 3.58. The van der Waals surface area contributed by atoms with Gasteiger partial charge < -0.3 is 69.3 Å². The van der Waals surface area contributed by atoms with Crippen LogP contribution in [0.5, 0.6) is 0 Å². The van der Waals surface area contributed by atoms with Crippen LogP contribution in [0.2, 0.25) is 0 Å². The van der Waals surface area contributed by atoms with E-state index in [1.165, 1.54) is 0 Å². The van der Waals surface area contributed by atoms with Crippen LogP contribution in [-0.4, -0.2) is 146 Å². The summed E-state index contributed by atoms with van der Waals surface area (Å²) in [7, 11) is 0. The molecule has 4 aliphatic carbocycles. The highest BCUT2D eigenvalue weighted by Gasteiger charge is 2.69. The highest BCUT2D eigenvalue weighted by molar-refractivity contribution is 5.16. The Bertz CT molecular complexity index is 1300. The zero-order valence-electron chi connectivity index (χ0n) is 31.6. The third-order valence-electron chi connectivity index (χ3n) is 16.2. The zero-order chi connectivity index (χ0) is 37.8. The largest absolute Gasteiger partial charge is 0.394 e. The van der Waals surface area contributed by atoms with E-state index in [1.807, 2.05) is 0 Å². The predicted octanol–water partition coefficient (Wildman–Crippen LogP) is 0.413. The van der Waals surface area contributed by atoms with Crippen LogP contribution in [0.25, 0.3) is 0 Å². The van der Waals surface area contributed by atoms with Crippen LogP contribution in [0.4, 0.5) is 0 Å². The molecule has 14 nitrogen and oxygen atoms in total. The molecule has 0 aromatic heterocycles. The van der Waals surface area contributed by atoms with E-state index in [-0.39, 0.29) is 22.9 Å². The predicted molar refractivity (Wildman–Crippen MR) is 184 cm³/mol. The topological polar surface area (TPSA) is 217 Å². The van der Waals surface area contributed by atoms with Gasteiger partial charge in [-0.2, -0.15) is 0 Å². The highest BCUT2D eigenvalue weighted by atomic mass is 16.8. The molecule has 8 fully saturated rings. The van der Waals surface area contributed by atoms with Crippen molar-refractivity contribution in [3.63, 3.8) is 0 Å². The average molecular weight is 757 g/mol. The standard InChI is InChI=1S/C39H64O14/c1-17-7-10-39(48-16-17)18(2)28-25(53-39)12-22-20-6-5-19-11-24(23(42)13-38(19,4)21(20)8-9-37(22,28)3)49-36-34(32(46)30(44)27(15-41)51-36)52-35-33(47)31(45)29(43)26(14-40)50-35/h17-36,40-47H,5-16H2,1-4H3/t17-,18-,19-,20-,21+,22+,23+,24-,25+,26-,27-,28+,29-,30+,31+,32+,33-,34-,35+,36-,37+,38+,39-/m1/s1. The molecule has 8 aliphatic rings. The van der Waals surface area contributed by atoms with Gasteiger partial charge in [0, 0.05) is 12.3 Å². The molecular weight excluding hydrogens is 692 g/mol. The summed E-state index contributed by atoms with van der Waals surface area (Å²) in [4.78, 5) is 0. The molecule has 4 aliphatic heterocycles. The Balaban J connectivity index is 0.962. The van der Waals surface area contributed by atoms with Gasteiger partial charge in [-0.3, -0.25) is 0 Å². The van der Waals surface area contributed by atoms with Gasteiger partial charge in [0.2, 0.25) is 0 Å². The summed E-state index contributed by atoms with van der Waals surface area (Å²) in [6.45, 7) is 8.96. The maximum atomic E-state index is 11.8. The quantitative estimate of drug-likeness (QED) is 0.173. The molecule has 53 heavy (non-hydrogen) atoms. The Labute approximate surface area is 312 Å². The number of hydrogen-bond donors (Lipinski definition) is 8. The number of fused-ring (bicyclic) bond motifs is 7. The van der Waals surface area contributed by atoms with Crippen molar-refractivity contribution in [3.05, 3.63) is 0 Å². The van der Waals surface area contributed by atoms with Gasteiger partial charge >= 0.3 is 0 Å². The summed E-state index contributed by atoms with van der Waals surface area (Å²) >= 11 is 0. The smallest absolute Gasteiger partial charge is 0.187 e. The second-order valence-electron chi connectivity index (χ2n) is 18.9. The Morgan fingerprint density at radius 3 is 2.08 bits per heavy atom. The summed E-state index contributed by atoms with van der Waals surface area (Å²) in [5, 5.41) is 84.5. The first-order valence-electron chi connectivity index (χ1n) is 20.4. The molecule has 0 aromatic carbocycles. The summed E-state index contributed by atoms with van der Waals surface area (Å²) in [5.41, 5.74) is 0.0762. The minimum atomic E-state index is -1.76. The van der Waals surface area contributed by atoms with Crippen LogP contribution < -0.4 is 0 Å². The van der Waals surface area contributed by atoms with Crippen molar-refractivity contribution in [2.45, 2.75) is 171 Å². The number of aliphatic hydroxyl groups is 8. The molecule has 4 saturated heterocycles. The van der Waals surface area contributed by atoms with Crippen LogP contribution in [-0.2, 0) is 28.4 Å². The van der Waals surface area contributed by atoms with Crippen molar-refractivity contribution in [2.24, 2.45) is 52.3 Å². The van der Waals surface area contributed by atoms with E-state index in [0.717, 1.165) is 51.6 Å². The SMILES string of the molecule is C[C@@H]1CC[C@@]2(OC1)O[C@H]1C[C@H]3[C@@H]4CC[C@@H]5C[C@@H](O[C@@H]6O[C@H](CO)[C@H](O)[C@H](O)[C@H]6O[C@@H]6O[C@H](CO)[C@@H](O)[C@H](O)[C@H]6O)[C@@H](O)C[C@]5(C)[C@H]4CC[C@]3(C)[C@H]1[C@H]2C. The van der Waals surface area contributed by atoms with Gasteiger partial charge in [0.05, 0.1) is 38.1 Å². The minimum absolute atomic E-state index is 0.111. The molecule has 4 heterocycles. The highest BCUT2D eigenvalue weighted by Crippen LogP contribution is 2.71. The summed E-state index contributed by atoms with van der Waals surface area (Å²) < 4.78 is 37.2. The molecule has 8 N–H and O–H groups in total. The van der Waals surface area contributed by atoms with Crippen molar-refractivity contribution in [3.8, 4) is 0 Å². The second-order valence-corrected chi connectivity index (χ2v) is 18.9. The maximum Gasteiger partial charge on any atom is 0.187 e. The molecule has 0 aromatic rings. The first kappa shape index (κ1) is 39.3. The van der Waals surface area contributed by atoms with E-state index in [4.69, 9.17) is 28.4 Å². The lowest BCUT2D eigenvalue weighted by Gasteiger charge is -2.62. The third-order valence-corrected chi connectivity index (χ3v) is 16.2. The van der Waals surface area contributed by atoms with Crippen molar-refractivity contribution in [2.75, 3.05) is 19.8 Å². The minimum Gasteiger partial charge on any atom is -0.394 e. The van der Waals surface area contributed by atoms with Crippen LogP contribution >= 0.6 is 0 Å². The Morgan fingerprint density at radius 1 is 0.698 bits per heavy atom. The van der Waals surface area contributed by atoms with Gasteiger partial charge in [-0.15, -0.1) is 0 Å². The molecule has 4 saturated carbocycles. The lowest BCUT2D eigenvalue weighted by atomic mass is 9.44. The molecule has 0 amide bonds. The monoisotopic (exact) mass is 756 g/mol. The van der Waals surface area contributed by atoms with Gasteiger partial charge in [0.25, 0.3) is 0 Å². The fourth-order valence-corrected chi connectivity index (χ4v) is 13.2. The summed E-state index contributed by atoms with van der Waals surface area (Å²) in [5.74, 6) is 2.78. The molecule has 1 spiro atoms. The third kappa shape index (κ3) is 6.20. The molecule has 14 heteroatoms.